The molecule has 27 heavy (non-hydrogen) atoms. The number of carbonyl (C=O) groups excluding carboxylic acids is 2. The minimum Gasteiger partial charge on any atom is -0.465 e. The molecule has 0 aliphatic carbocycles. The molecule has 3 aromatic rings. The Morgan fingerprint density at radius 2 is 1.81 bits per heavy atom. The number of aromatic nitrogens is 1. The van der Waals surface area contributed by atoms with E-state index in [1.807, 2.05) is 62.4 Å². The van der Waals surface area contributed by atoms with Gasteiger partial charge in [-0.3, -0.25) is 4.79 Å². The van der Waals surface area contributed by atoms with Crippen LogP contribution >= 0.6 is 0 Å². The third kappa shape index (κ3) is 2.72. The van der Waals surface area contributed by atoms with Gasteiger partial charge >= 0.3 is 5.97 Å². The van der Waals surface area contributed by atoms with Crippen LogP contribution in [0.15, 0.2) is 48.5 Å². The van der Waals surface area contributed by atoms with Crippen LogP contribution in [0.2, 0.25) is 0 Å². The molecule has 1 atom stereocenters. The third-order valence-electron chi connectivity index (χ3n) is 5.00. The summed E-state index contributed by atoms with van der Waals surface area (Å²) in [4.78, 5) is 28.8. The minimum absolute atomic E-state index is 0.142. The van der Waals surface area contributed by atoms with E-state index in [4.69, 9.17) is 4.74 Å². The Balaban J connectivity index is 2.01. The zero-order valence-electron chi connectivity index (χ0n) is 15.4. The molecule has 2 aromatic carbocycles. The zero-order chi connectivity index (χ0) is 19.1. The highest BCUT2D eigenvalue weighted by molar-refractivity contribution is 6.08. The number of ether oxygens (including phenoxy) is 1. The highest BCUT2D eigenvalue weighted by Gasteiger charge is 2.38. The van der Waals surface area contributed by atoms with Gasteiger partial charge in [0.15, 0.2) is 0 Å². The molecule has 5 heteroatoms. The van der Waals surface area contributed by atoms with Crippen molar-refractivity contribution in [3.63, 3.8) is 0 Å². The molecule has 0 saturated heterocycles. The summed E-state index contributed by atoms with van der Waals surface area (Å²) in [6, 6.07) is 15.6. The first-order valence-corrected chi connectivity index (χ1v) is 8.79. The first kappa shape index (κ1) is 17.1. The number of hydrogen-bond donors (Lipinski definition) is 2. The molecular formula is C22H20N2O3. The maximum atomic E-state index is 12.9. The van der Waals surface area contributed by atoms with Crippen molar-refractivity contribution in [1.29, 1.82) is 0 Å². The number of rotatable bonds is 3. The van der Waals surface area contributed by atoms with E-state index in [1.165, 1.54) is 7.11 Å². The maximum absolute atomic E-state index is 12.9. The van der Waals surface area contributed by atoms with Crippen molar-refractivity contribution >= 4 is 17.6 Å². The van der Waals surface area contributed by atoms with Crippen molar-refractivity contribution in [2.75, 3.05) is 12.4 Å². The van der Waals surface area contributed by atoms with E-state index in [1.54, 1.807) is 0 Å². The van der Waals surface area contributed by atoms with Crippen LogP contribution in [0.1, 0.15) is 38.7 Å². The van der Waals surface area contributed by atoms with Crippen molar-refractivity contribution in [2.24, 2.45) is 0 Å². The number of benzene rings is 2. The van der Waals surface area contributed by atoms with Gasteiger partial charge in [-0.1, -0.05) is 48.0 Å². The number of amides is 1. The Morgan fingerprint density at radius 1 is 1.07 bits per heavy atom. The minimum atomic E-state index is -0.575. The topological polar surface area (TPSA) is 71.2 Å². The van der Waals surface area contributed by atoms with E-state index in [-0.39, 0.29) is 5.91 Å². The average molecular weight is 360 g/mol. The first-order valence-electron chi connectivity index (χ1n) is 8.79. The van der Waals surface area contributed by atoms with Crippen molar-refractivity contribution < 1.29 is 14.3 Å². The fourth-order valence-corrected chi connectivity index (χ4v) is 3.80. The van der Waals surface area contributed by atoms with Gasteiger partial charge in [0.2, 0.25) is 5.91 Å². The van der Waals surface area contributed by atoms with Crippen molar-refractivity contribution in [3.05, 3.63) is 76.5 Å². The third-order valence-corrected chi connectivity index (χ3v) is 5.00. The zero-order valence-corrected chi connectivity index (χ0v) is 15.4. The van der Waals surface area contributed by atoms with Crippen LogP contribution in [-0.2, 0) is 9.53 Å². The molecule has 1 amide bonds. The number of nitrogens with one attached hydrogen (secondary N) is 2. The second-order valence-electron chi connectivity index (χ2n) is 6.78. The largest absolute Gasteiger partial charge is 0.465 e. The molecule has 0 fully saturated rings. The fraction of sp³-hybridized carbons (Fsp3) is 0.182. The number of aryl methyl sites for hydroxylation is 2. The van der Waals surface area contributed by atoms with E-state index < -0.39 is 11.9 Å². The Morgan fingerprint density at radius 3 is 2.52 bits per heavy atom. The summed E-state index contributed by atoms with van der Waals surface area (Å²) >= 11 is 0. The maximum Gasteiger partial charge on any atom is 0.340 e. The standard InChI is InChI=1S/C22H20N2O3/c1-12-9-10-16-15(11-12)18(21(25)24-16)19-17(22(26)27-3)13(2)23-20(19)14-7-5-4-6-8-14/h4-11,18,23H,1-3H3,(H,24,25). The Labute approximate surface area is 157 Å². The summed E-state index contributed by atoms with van der Waals surface area (Å²) in [5.74, 6) is -1.17. The summed E-state index contributed by atoms with van der Waals surface area (Å²) < 4.78 is 5.02. The number of methoxy groups -OCH3 is 1. The predicted octanol–water partition coefficient (Wildman–Crippen LogP) is 4.17. The van der Waals surface area contributed by atoms with Gasteiger partial charge in [-0.15, -0.1) is 0 Å². The molecule has 2 N–H and O–H groups in total. The molecule has 2 heterocycles. The lowest BCUT2D eigenvalue weighted by Crippen LogP contribution is -2.17. The summed E-state index contributed by atoms with van der Waals surface area (Å²) in [5.41, 5.74) is 6.17. The smallest absolute Gasteiger partial charge is 0.340 e. The van der Waals surface area contributed by atoms with Gasteiger partial charge in [-0.05, 0) is 31.0 Å². The van der Waals surface area contributed by atoms with Crippen LogP contribution in [0, 0.1) is 13.8 Å². The number of aromatic amines is 1. The van der Waals surface area contributed by atoms with Crippen LogP contribution in [0.4, 0.5) is 5.69 Å². The Bertz CT molecular complexity index is 1050. The van der Waals surface area contributed by atoms with Gasteiger partial charge in [-0.2, -0.15) is 0 Å². The first-order chi connectivity index (χ1) is 13.0. The molecule has 1 aliphatic rings. The van der Waals surface area contributed by atoms with E-state index in [0.717, 1.165) is 28.1 Å². The summed E-state index contributed by atoms with van der Waals surface area (Å²) in [6.45, 7) is 3.81. The molecule has 1 aliphatic heterocycles. The van der Waals surface area contributed by atoms with Crippen molar-refractivity contribution in [2.45, 2.75) is 19.8 Å². The molecule has 5 nitrogen and oxygen atoms in total. The van der Waals surface area contributed by atoms with Gasteiger partial charge < -0.3 is 15.0 Å². The number of fused-ring (bicyclic) bond motifs is 1. The highest BCUT2D eigenvalue weighted by atomic mass is 16.5. The van der Waals surface area contributed by atoms with E-state index in [0.29, 0.717) is 16.8 Å². The van der Waals surface area contributed by atoms with Crippen LogP contribution in [-0.4, -0.2) is 24.0 Å². The summed E-state index contributed by atoms with van der Waals surface area (Å²) in [6.07, 6.45) is 0. The molecule has 4 rings (SSSR count). The normalized spacial score (nSPS) is 15.4. The lowest BCUT2D eigenvalue weighted by atomic mass is 9.87. The van der Waals surface area contributed by atoms with Crippen LogP contribution in [0.25, 0.3) is 11.3 Å². The monoisotopic (exact) mass is 360 g/mol. The number of H-pyrrole nitrogens is 1. The van der Waals surface area contributed by atoms with Crippen LogP contribution in [0.3, 0.4) is 0 Å². The van der Waals surface area contributed by atoms with Crippen molar-refractivity contribution in [3.8, 4) is 11.3 Å². The van der Waals surface area contributed by atoms with Crippen molar-refractivity contribution in [1.82, 2.24) is 4.98 Å². The average Bonchev–Trinajstić information content (AvgIpc) is 3.17. The number of hydrogen-bond acceptors (Lipinski definition) is 3. The number of carbonyl (C=O) groups is 2. The molecular weight excluding hydrogens is 340 g/mol. The van der Waals surface area contributed by atoms with E-state index >= 15 is 0 Å². The molecule has 0 bridgehead atoms. The van der Waals surface area contributed by atoms with E-state index in [9.17, 15) is 9.59 Å². The van der Waals surface area contributed by atoms with Crippen LogP contribution < -0.4 is 5.32 Å². The molecule has 0 radical (unpaired) electrons. The molecule has 136 valence electrons. The lowest BCUT2D eigenvalue weighted by Gasteiger charge is -2.14. The number of anilines is 1. The lowest BCUT2D eigenvalue weighted by molar-refractivity contribution is -0.116. The number of esters is 1. The second-order valence-corrected chi connectivity index (χ2v) is 6.78. The quantitative estimate of drug-likeness (QED) is 0.689. The summed E-state index contributed by atoms with van der Waals surface area (Å²) in [5, 5.41) is 2.94. The summed E-state index contributed by atoms with van der Waals surface area (Å²) in [7, 11) is 1.35. The SMILES string of the molecule is COC(=O)c1c(C)[nH]c(-c2ccccc2)c1C1C(=O)Nc2ccc(C)cc21. The highest BCUT2D eigenvalue weighted by Crippen LogP contribution is 2.44. The second kappa shape index (κ2) is 6.43. The van der Waals surface area contributed by atoms with E-state index in [2.05, 4.69) is 10.3 Å². The Kier molecular flexibility index (Phi) is 4.07. The Hall–Kier alpha value is -3.34. The van der Waals surface area contributed by atoms with Gasteiger partial charge in [0.05, 0.1) is 24.3 Å². The van der Waals surface area contributed by atoms with Gasteiger partial charge in [-0.25, -0.2) is 4.79 Å². The fourth-order valence-electron chi connectivity index (χ4n) is 3.80. The molecule has 0 saturated carbocycles. The van der Waals surface area contributed by atoms with Gasteiger partial charge in [0.25, 0.3) is 0 Å². The van der Waals surface area contributed by atoms with Crippen LogP contribution in [0.5, 0.6) is 0 Å². The molecule has 1 aromatic heterocycles. The predicted molar refractivity (Wildman–Crippen MR) is 104 cm³/mol. The molecule has 0 spiro atoms. The van der Waals surface area contributed by atoms with Gasteiger partial charge in [0, 0.05) is 16.9 Å². The molecule has 1 unspecified atom stereocenters. The van der Waals surface area contributed by atoms with Gasteiger partial charge in [0.1, 0.15) is 0 Å².